The Bertz CT molecular complexity index is 721. The van der Waals surface area contributed by atoms with Crippen molar-refractivity contribution in [1.82, 2.24) is 10.3 Å². The maximum atomic E-state index is 12.5. The molecule has 0 spiro atoms. The van der Waals surface area contributed by atoms with Crippen LogP contribution in [0.25, 0.3) is 11.1 Å². The second-order valence-corrected chi connectivity index (χ2v) is 8.24. The summed E-state index contributed by atoms with van der Waals surface area (Å²) in [6, 6.07) is 7.46. The maximum Gasteiger partial charge on any atom is 0.267 e. The van der Waals surface area contributed by atoms with Gasteiger partial charge in [0.15, 0.2) is 0 Å². The van der Waals surface area contributed by atoms with E-state index in [4.69, 9.17) is 23.2 Å². The highest BCUT2D eigenvalue weighted by atomic mass is 35.5. The number of hydrogen-bond donors (Lipinski definition) is 2. The van der Waals surface area contributed by atoms with Gasteiger partial charge in [0.25, 0.3) is 5.91 Å². The first-order valence-corrected chi connectivity index (χ1v) is 9.04. The molecule has 0 bridgehead atoms. The Morgan fingerprint density at radius 1 is 1.08 bits per heavy atom. The molecule has 1 aromatic heterocycles. The summed E-state index contributed by atoms with van der Waals surface area (Å²) in [4.78, 5) is 15.5. The van der Waals surface area contributed by atoms with Crippen molar-refractivity contribution in [2.45, 2.75) is 45.6 Å². The molecule has 0 saturated heterocycles. The molecule has 1 saturated carbocycles. The second kappa shape index (κ2) is 6.81. The summed E-state index contributed by atoms with van der Waals surface area (Å²) < 4.78 is 0. The number of aromatic nitrogens is 1. The van der Waals surface area contributed by atoms with Crippen LogP contribution in [0.2, 0.25) is 10.0 Å². The van der Waals surface area contributed by atoms with E-state index < -0.39 is 0 Å². The van der Waals surface area contributed by atoms with Crippen LogP contribution in [0, 0.1) is 5.41 Å². The molecule has 0 radical (unpaired) electrons. The molecule has 0 aliphatic heterocycles. The Morgan fingerprint density at radius 2 is 1.71 bits per heavy atom. The lowest BCUT2D eigenvalue weighted by molar-refractivity contribution is 0.0904. The van der Waals surface area contributed by atoms with Crippen molar-refractivity contribution in [3.8, 4) is 11.1 Å². The third-order valence-electron chi connectivity index (χ3n) is 4.80. The molecule has 2 aromatic rings. The molecule has 1 aliphatic rings. The van der Waals surface area contributed by atoms with Crippen LogP contribution in [-0.2, 0) is 0 Å². The number of carbonyl (C=O) groups is 1. The molecule has 0 atom stereocenters. The third-order valence-corrected chi connectivity index (χ3v) is 5.23. The van der Waals surface area contributed by atoms with Crippen LogP contribution in [-0.4, -0.2) is 16.9 Å². The van der Waals surface area contributed by atoms with Gasteiger partial charge < -0.3 is 10.3 Å². The first kappa shape index (κ1) is 17.4. The van der Waals surface area contributed by atoms with Crippen LogP contribution >= 0.6 is 23.2 Å². The van der Waals surface area contributed by atoms with Crippen molar-refractivity contribution in [2.75, 3.05) is 0 Å². The summed E-state index contributed by atoms with van der Waals surface area (Å²) in [6.45, 7) is 4.58. The predicted octanol–water partition coefficient (Wildman–Crippen LogP) is 5.69. The van der Waals surface area contributed by atoms with Crippen molar-refractivity contribution in [3.63, 3.8) is 0 Å². The second-order valence-electron chi connectivity index (χ2n) is 7.37. The fraction of sp³-hybridized carbons (Fsp3) is 0.421. The first-order valence-electron chi connectivity index (χ1n) is 8.28. The number of nitrogens with one attached hydrogen (secondary N) is 2. The summed E-state index contributed by atoms with van der Waals surface area (Å²) in [6.07, 6.45) is 6.18. The number of carbonyl (C=O) groups excluding carboxylic acids is 1. The quantitative estimate of drug-likeness (QED) is 0.721. The van der Waals surface area contributed by atoms with E-state index in [0.717, 1.165) is 36.8 Å². The molecule has 0 unspecified atom stereocenters. The fourth-order valence-electron chi connectivity index (χ4n) is 3.22. The van der Waals surface area contributed by atoms with E-state index in [1.54, 1.807) is 12.3 Å². The summed E-state index contributed by atoms with van der Waals surface area (Å²) >= 11 is 12.1. The normalized spacial score (nSPS) is 17.7. The minimum absolute atomic E-state index is 0.0564. The SMILES string of the molecule is CC1(C)CCC(NC(=O)c2cc(-c3cc(Cl)cc(Cl)c3)c[nH]2)CC1. The molecule has 3 nitrogen and oxygen atoms in total. The van der Waals surface area contributed by atoms with Crippen LogP contribution in [0.1, 0.15) is 50.0 Å². The van der Waals surface area contributed by atoms with Gasteiger partial charge in [-0.3, -0.25) is 4.79 Å². The number of rotatable bonds is 3. The van der Waals surface area contributed by atoms with Gasteiger partial charge in [0, 0.05) is 27.8 Å². The van der Waals surface area contributed by atoms with Crippen LogP contribution < -0.4 is 5.32 Å². The molecular formula is C19H22Cl2N2O. The van der Waals surface area contributed by atoms with Gasteiger partial charge in [-0.1, -0.05) is 37.0 Å². The van der Waals surface area contributed by atoms with Gasteiger partial charge >= 0.3 is 0 Å². The van der Waals surface area contributed by atoms with Crippen molar-refractivity contribution >= 4 is 29.1 Å². The van der Waals surface area contributed by atoms with Crippen LogP contribution in [0.5, 0.6) is 0 Å². The Balaban J connectivity index is 1.68. The number of halogens is 2. The lowest BCUT2D eigenvalue weighted by Gasteiger charge is -2.34. The van der Waals surface area contributed by atoms with Crippen molar-refractivity contribution < 1.29 is 4.79 Å². The van der Waals surface area contributed by atoms with Gasteiger partial charge in [-0.05, 0) is 60.9 Å². The molecular weight excluding hydrogens is 343 g/mol. The molecule has 5 heteroatoms. The Hall–Kier alpha value is -1.45. The van der Waals surface area contributed by atoms with Gasteiger partial charge in [0.2, 0.25) is 0 Å². The zero-order valence-electron chi connectivity index (χ0n) is 14.0. The Morgan fingerprint density at radius 3 is 2.33 bits per heavy atom. The van der Waals surface area contributed by atoms with Crippen molar-refractivity contribution in [3.05, 3.63) is 46.2 Å². The number of amides is 1. The maximum absolute atomic E-state index is 12.5. The molecule has 1 aromatic carbocycles. The van der Waals surface area contributed by atoms with Crippen LogP contribution in [0.3, 0.4) is 0 Å². The van der Waals surface area contributed by atoms with Crippen molar-refractivity contribution in [1.29, 1.82) is 0 Å². The van der Waals surface area contributed by atoms with E-state index in [1.807, 2.05) is 18.2 Å². The predicted molar refractivity (Wildman–Crippen MR) is 99.8 cm³/mol. The summed E-state index contributed by atoms with van der Waals surface area (Å²) in [5.74, 6) is -0.0564. The zero-order valence-corrected chi connectivity index (χ0v) is 15.5. The first-order chi connectivity index (χ1) is 11.3. The topological polar surface area (TPSA) is 44.9 Å². The largest absolute Gasteiger partial charge is 0.357 e. The molecule has 2 N–H and O–H groups in total. The minimum atomic E-state index is -0.0564. The highest BCUT2D eigenvalue weighted by Crippen LogP contribution is 2.35. The Kier molecular flexibility index (Phi) is 4.93. The number of aromatic amines is 1. The lowest BCUT2D eigenvalue weighted by atomic mass is 9.75. The van der Waals surface area contributed by atoms with Gasteiger partial charge in [-0.2, -0.15) is 0 Å². The highest BCUT2D eigenvalue weighted by Gasteiger charge is 2.27. The number of benzene rings is 1. The van der Waals surface area contributed by atoms with E-state index in [1.165, 1.54) is 0 Å². The van der Waals surface area contributed by atoms with Gasteiger partial charge in [-0.15, -0.1) is 0 Å². The Labute approximate surface area is 152 Å². The van der Waals surface area contributed by atoms with E-state index in [0.29, 0.717) is 21.2 Å². The van der Waals surface area contributed by atoms with Gasteiger partial charge in [0.05, 0.1) is 0 Å². The van der Waals surface area contributed by atoms with Crippen LogP contribution in [0.4, 0.5) is 0 Å². The summed E-state index contributed by atoms with van der Waals surface area (Å²) in [5.41, 5.74) is 2.75. The lowest BCUT2D eigenvalue weighted by Crippen LogP contribution is -2.39. The van der Waals surface area contributed by atoms with E-state index in [2.05, 4.69) is 24.1 Å². The molecule has 1 fully saturated rings. The molecule has 1 aliphatic carbocycles. The molecule has 128 valence electrons. The zero-order chi connectivity index (χ0) is 17.3. The average Bonchev–Trinajstić information content (AvgIpc) is 2.98. The van der Waals surface area contributed by atoms with Crippen molar-refractivity contribution in [2.24, 2.45) is 5.41 Å². The summed E-state index contributed by atoms with van der Waals surface area (Å²) in [5, 5.41) is 4.29. The fourth-order valence-corrected chi connectivity index (χ4v) is 3.75. The van der Waals surface area contributed by atoms with E-state index in [9.17, 15) is 4.79 Å². The van der Waals surface area contributed by atoms with E-state index in [-0.39, 0.29) is 11.9 Å². The minimum Gasteiger partial charge on any atom is -0.357 e. The van der Waals surface area contributed by atoms with E-state index >= 15 is 0 Å². The number of H-pyrrole nitrogens is 1. The smallest absolute Gasteiger partial charge is 0.267 e. The molecule has 24 heavy (non-hydrogen) atoms. The third kappa shape index (κ3) is 4.14. The molecule has 3 rings (SSSR count). The van der Waals surface area contributed by atoms with Gasteiger partial charge in [-0.25, -0.2) is 0 Å². The average molecular weight is 365 g/mol. The number of hydrogen-bond acceptors (Lipinski definition) is 1. The molecule has 1 amide bonds. The highest BCUT2D eigenvalue weighted by molar-refractivity contribution is 6.35. The monoisotopic (exact) mass is 364 g/mol. The van der Waals surface area contributed by atoms with Crippen LogP contribution in [0.15, 0.2) is 30.5 Å². The summed E-state index contributed by atoms with van der Waals surface area (Å²) in [7, 11) is 0. The van der Waals surface area contributed by atoms with Gasteiger partial charge in [0.1, 0.15) is 5.69 Å². The standard InChI is InChI=1S/C19H22Cl2N2O/c1-19(2)5-3-16(4-6-19)23-18(24)17-9-13(11-22-17)12-7-14(20)10-15(21)8-12/h7-11,16,22H,3-6H2,1-2H3,(H,23,24). The molecule has 1 heterocycles.